The lowest BCUT2D eigenvalue weighted by molar-refractivity contribution is -0.138. The molecule has 3 nitrogen and oxygen atoms in total. The molecule has 1 fully saturated rings. The van der Waals surface area contributed by atoms with Crippen LogP contribution >= 0.6 is 0 Å². The maximum atomic E-state index is 12.9. The number of likely N-dealkylation sites (tertiary alicyclic amines) is 1. The lowest BCUT2D eigenvalue weighted by Gasteiger charge is -2.31. The third-order valence-electron chi connectivity index (χ3n) is 5.64. The molecule has 9 heteroatoms. The maximum Gasteiger partial charge on any atom is 0.416 e. The normalized spacial score (nSPS) is 17.1. The molecule has 1 heterocycles. The van der Waals surface area contributed by atoms with Gasteiger partial charge in [0.1, 0.15) is 0 Å². The third kappa shape index (κ3) is 6.50. The van der Waals surface area contributed by atoms with Crippen LogP contribution in [0, 0.1) is 5.92 Å². The first kappa shape index (κ1) is 25.6. The SMILES string of the molecule is O=C(C=CC=C(c1ccc(C(F)(F)F)cc1)c1ccc(C(F)(F)F)cc1)N1CCCC(CO)C1. The largest absolute Gasteiger partial charge is 0.416 e. The predicted octanol–water partition coefficient (Wildman–Crippen LogP) is 5.94. The van der Waals surface area contributed by atoms with Gasteiger partial charge in [0.2, 0.25) is 5.91 Å². The highest BCUT2D eigenvalue weighted by molar-refractivity contribution is 5.89. The van der Waals surface area contributed by atoms with Crippen molar-refractivity contribution in [3.63, 3.8) is 0 Å². The molecule has 0 spiro atoms. The summed E-state index contributed by atoms with van der Waals surface area (Å²) in [5.74, 6) is -0.273. The second-order valence-corrected chi connectivity index (χ2v) is 8.06. The van der Waals surface area contributed by atoms with Crippen molar-refractivity contribution in [1.29, 1.82) is 0 Å². The summed E-state index contributed by atoms with van der Waals surface area (Å²) in [5, 5.41) is 9.32. The summed E-state index contributed by atoms with van der Waals surface area (Å²) in [7, 11) is 0. The van der Waals surface area contributed by atoms with Crippen molar-refractivity contribution < 1.29 is 36.2 Å². The van der Waals surface area contributed by atoms with E-state index in [1.54, 1.807) is 4.90 Å². The number of amides is 1. The van der Waals surface area contributed by atoms with E-state index in [2.05, 4.69) is 0 Å². The van der Waals surface area contributed by atoms with Crippen LogP contribution < -0.4 is 0 Å². The van der Waals surface area contributed by atoms with E-state index in [1.165, 1.54) is 42.5 Å². The van der Waals surface area contributed by atoms with Crippen LogP contribution in [0.25, 0.3) is 5.57 Å². The Kier molecular flexibility index (Phi) is 7.86. The number of halogens is 6. The van der Waals surface area contributed by atoms with Crippen LogP contribution in [0.1, 0.15) is 35.1 Å². The summed E-state index contributed by atoms with van der Waals surface area (Å²) in [6.45, 7) is 0.960. The van der Waals surface area contributed by atoms with E-state index in [0.29, 0.717) is 29.8 Å². The smallest absolute Gasteiger partial charge is 0.396 e. The lowest BCUT2D eigenvalue weighted by atomic mass is 9.95. The van der Waals surface area contributed by atoms with Crippen LogP contribution in [-0.2, 0) is 17.1 Å². The molecule has 0 aliphatic carbocycles. The number of rotatable bonds is 5. The average Bonchev–Trinajstić information content (AvgIpc) is 2.81. The minimum Gasteiger partial charge on any atom is -0.396 e. The first-order valence-corrected chi connectivity index (χ1v) is 10.6. The molecule has 1 amide bonds. The molecule has 1 N–H and O–H groups in total. The number of alkyl halides is 6. The Morgan fingerprint density at radius 1 is 0.912 bits per heavy atom. The molecule has 0 radical (unpaired) electrons. The van der Waals surface area contributed by atoms with Crippen molar-refractivity contribution >= 4 is 11.5 Å². The van der Waals surface area contributed by atoms with Gasteiger partial charge < -0.3 is 10.0 Å². The molecule has 2 aromatic carbocycles. The highest BCUT2D eigenvalue weighted by atomic mass is 19.4. The summed E-state index contributed by atoms with van der Waals surface area (Å²) in [6.07, 6.45) is -3.24. The molecule has 1 atom stereocenters. The van der Waals surface area contributed by atoms with Gasteiger partial charge in [-0.1, -0.05) is 36.4 Å². The van der Waals surface area contributed by atoms with E-state index in [-0.39, 0.29) is 18.4 Å². The second-order valence-electron chi connectivity index (χ2n) is 8.06. The fourth-order valence-electron chi connectivity index (χ4n) is 3.78. The molecule has 3 rings (SSSR count). The van der Waals surface area contributed by atoms with Gasteiger partial charge in [-0.2, -0.15) is 26.3 Å². The van der Waals surface area contributed by atoms with Gasteiger partial charge in [0.25, 0.3) is 0 Å². The average molecular weight is 483 g/mol. The zero-order chi connectivity index (χ0) is 24.9. The van der Waals surface area contributed by atoms with Crippen LogP contribution in [0.5, 0.6) is 0 Å². The third-order valence-corrected chi connectivity index (χ3v) is 5.64. The number of nitrogens with zero attached hydrogens (tertiary/aromatic N) is 1. The van der Waals surface area contributed by atoms with Crippen LogP contribution in [0.3, 0.4) is 0 Å². The molecular formula is C25H23F6NO2. The van der Waals surface area contributed by atoms with Gasteiger partial charge in [0.05, 0.1) is 11.1 Å². The van der Waals surface area contributed by atoms with Crippen LogP contribution in [-0.4, -0.2) is 35.6 Å². The maximum absolute atomic E-state index is 12.9. The lowest BCUT2D eigenvalue weighted by Crippen LogP contribution is -2.40. The molecule has 182 valence electrons. The molecule has 1 aliphatic rings. The highest BCUT2D eigenvalue weighted by Gasteiger charge is 2.31. The number of piperidine rings is 1. The minimum atomic E-state index is -4.52. The Balaban J connectivity index is 1.90. The van der Waals surface area contributed by atoms with E-state index < -0.39 is 23.5 Å². The number of carbonyl (C=O) groups excluding carboxylic acids is 1. The summed E-state index contributed by atoms with van der Waals surface area (Å²) < 4.78 is 77.6. The van der Waals surface area contributed by atoms with E-state index >= 15 is 0 Å². The van der Waals surface area contributed by atoms with E-state index in [9.17, 15) is 36.2 Å². The number of aliphatic hydroxyl groups is 1. The molecule has 1 aliphatic heterocycles. The van der Waals surface area contributed by atoms with Gasteiger partial charge in [-0.05, 0) is 59.7 Å². The van der Waals surface area contributed by atoms with Gasteiger partial charge >= 0.3 is 12.4 Å². The Morgan fingerprint density at radius 2 is 1.41 bits per heavy atom. The van der Waals surface area contributed by atoms with Crippen LogP contribution in [0.4, 0.5) is 26.3 Å². The zero-order valence-electron chi connectivity index (χ0n) is 18.0. The van der Waals surface area contributed by atoms with Crippen molar-refractivity contribution in [3.8, 4) is 0 Å². The van der Waals surface area contributed by atoms with Crippen LogP contribution in [0.2, 0.25) is 0 Å². The van der Waals surface area contributed by atoms with Crippen molar-refractivity contribution in [2.24, 2.45) is 5.92 Å². The molecule has 34 heavy (non-hydrogen) atoms. The predicted molar refractivity (Wildman–Crippen MR) is 115 cm³/mol. The van der Waals surface area contributed by atoms with Crippen molar-refractivity contribution in [1.82, 2.24) is 4.90 Å². The number of allylic oxidation sites excluding steroid dienone is 2. The Labute approximate surface area is 193 Å². The number of hydrogen-bond donors (Lipinski definition) is 1. The Bertz CT molecular complexity index is 978. The van der Waals surface area contributed by atoms with E-state index in [1.807, 2.05) is 0 Å². The quantitative estimate of drug-likeness (QED) is 0.325. The Morgan fingerprint density at radius 3 is 1.85 bits per heavy atom. The molecular weight excluding hydrogens is 460 g/mol. The van der Waals surface area contributed by atoms with E-state index in [0.717, 1.165) is 37.1 Å². The number of carbonyl (C=O) groups is 1. The summed E-state index contributed by atoms with van der Waals surface area (Å²) >= 11 is 0. The zero-order valence-corrected chi connectivity index (χ0v) is 18.0. The minimum absolute atomic E-state index is 0.0106. The number of aliphatic hydroxyl groups excluding tert-OH is 1. The van der Waals surface area contributed by atoms with E-state index in [4.69, 9.17) is 0 Å². The summed E-state index contributed by atoms with van der Waals surface area (Å²) in [5.41, 5.74) is -0.640. The standard InChI is InChI=1S/C25H23F6NO2/c26-24(27,28)20-10-6-18(7-11-20)22(19-8-12-21(13-9-19)25(29,30)31)4-1-5-23(34)32-14-2-3-17(15-32)16-33/h1,4-13,17,33H,2-3,14-16H2. The van der Waals surface area contributed by atoms with Gasteiger partial charge in [-0.15, -0.1) is 0 Å². The van der Waals surface area contributed by atoms with Gasteiger partial charge in [-0.3, -0.25) is 4.79 Å². The molecule has 1 saturated heterocycles. The van der Waals surface area contributed by atoms with Gasteiger partial charge in [0, 0.05) is 25.8 Å². The van der Waals surface area contributed by atoms with Crippen LogP contribution in [0.15, 0.2) is 66.8 Å². The molecule has 0 saturated carbocycles. The van der Waals surface area contributed by atoms with Crippen molar-refractivity contribution in [2.45, 2.75) is 25.2 Å². The molecule has 0 bridgehead atoms. The second kappa shape index (κ2) is 10.5. The highest BCUT2D eigenvalue weighted by Crippen LogP contribution is 2.33. The summed E-state index contributed by atoms with van der Waals surface area (Å²) in [6, 6.07) is 8.51. The first-order chi connectivity index (χ1) is 16.0. The van der Waals surface area contributed by atoms with Crippen molar-refractivity contribution in [3.05, 3.63) is 89.0 Å². The molecule has 0 aromatic heterocycles. The Hall–Kier alpha value is -3.07. The van der Waals surface area contributed by atoms with Gasteiger partial charge in [-0.25, -0.2) is 0 Å². The van der Waals surface area contributed by atoms with Crippen molar-refractivity contribution in [2.75, 3.05) is 19.7 Å². The first-order valence-electron chi connectivity index (χ1n) is 10.6. The summed E-state index contributed by atoms with van der Waals surface area (Å²) in [4.78, 5) is 14.1. The fourth-order valence-corrected chi connectivity index (χ4v) is 3.78. The molecule has 2 aromatic rings. The fraction of sp³-hybridized carbons (Fsp3) is 0.320. The number of hydrogen-bond acceptors (Lipinski definition) is 2. The van der Waals surface area contributed by atoms with Gasteiger partial charge in [0.15, 0.2) is 0 Å². The number of benzene rings is 2. The topological polar surface area (TPSA) is 40.5 Å². The molecule has 1 unspecified atom stereocenters. The monoisotopic (exact) mass is 483 g/mol.